The number of aliphatic hydroxyl groups excluding tert-OH is 1. The van der Waals surface area contributed by atoms with E-state index in [1.165, 1.54) is 13.2 Å². The maximum absolute atomic E-state index is 11.1. The van der Waals surface area contributed by atoms with Crippen molar-refractivity contribution in [2.75, 3.05) is 13.9 Å². The third-order valence-corrected chi connectivity index (χ3v) is 2.99. The first-order valence-corrected chi connectivity index (χ1v) is 7.29. The summed E-state index contributed by atoms with van der Waals surface area (Å²) in [4.78, 5) is 11.1. The lowest BCUT2D eigenvalue weighted by atomic mass is 10.1. The highest BCUT2D eigenvalue weighted by Crippen LogP contribution is 2.08. The van der Waals surface area contributed by atoms with Crippen LogP contribution in [-0.4, -0.2) is 37.2 Å². The molecule has 122 valence electrons. The van der Waals surface area contributed by atoms with Crippen molar-refractivity contribution >= 4 is 5.97 Å². The number of carbonyl (C=O) groups excluding carboxylic acids is 1. The maximum atomic E-state index is 11.1. The molecule has 0 saturated heterocycles. The van der Waals surface area contributed by atoms with Gasteiger partial charge >= 0.3 is 5.97 Å². The van der Waals surface area contributed by atoms with Crippen LogP contribution in [0.3, 0.4) is 0 Å². The third-order valence-electron chi connectivity index (χ3n) is 2.99. The van der Waals surface area contributed by atoms with E-state index in [0.717, 1.165) is 5.56 Å². The van der Waals surface area contributed by atoms with Gasteiger partial charge in [-0.3, -0.25) is 0 Å². The molecule has 0 heterocycles. The molecule has 0 aliphatic carbocycles. The van der Waals surface area contributed by atoms with Gasteiger partial charge < -0.3 is 19.3 Å². The Kier molecular flexibility index (Phi) is 9.14. The largest absolute Gasteiger partial charge is 0.466 e. The van der Waals surface area contributed by atoms with E-state index in [1.807, 2.05) is 30.3 Å². The number of aliphatic hydroxyl groups is 1. The average molecular weight is 308 g/mol. The van der Waals surface area contributed by atoms with E-state index >= 15 is 0 Å². The number of hydrogen-bond acceptors (Lipinski definition) is 5. The van der Waals surface area contributed by atoms with Crippen molar-refractivity contribution in [3.63, 3.8) is 0 Å². The first-order valence-electron chi connectivity index (χ1n) is 7.29. The molecule has 5 nitrogen and oxygen atoms in total. The van der Waals surface area contributed by atoms with Crippen molar-refractivity contribution in [3.05, 3.63) is 48.0 Å². The molecule has 0 aromatic heterocycles. The molecule has 0 amide bonds. The van der Waals surface area contributed by atoms with Gasteiger partial charge in [0, 0.05) is 6.08 Å². The molecule has 0 aliphatic heterocycles. The zero-order chi connectivity index (χ0) is 16.2. The van der Waals surface area contributed by atoms with Gasteiger partial charge in [0.2, 0.25) is 0 Å². The summed E-state index contributed by atoms with van der Waals surface area (Å²) in [7, 11) is 1.32. The molecule has 1 aromatic carbocycles. The second-order valence-corrected chi connectivity index (χ2v) is 4.97. The van der Waals surface area contributed by atoms with Gasteiger partial charge in [-0.2, -0.15) is 0 Å². The molecule has 5 heteroatoms. The fourth-order valence-corrected chi connectivity index (χ4v) is 1.76. The van der Waals surface area contributed by atoms with Crippen LogP contribution in [-0.2, 0) is 25.6 Å². The molecule has 0 saturated carbocycles. The maximum Gasteiger partial charge on any atom is 0.330 e. The number of ether oxygens (including phenoxy) is 3. The van der Waals surface area contributed by atoms with E-state index < -0.39 is 12.1 Å². The summed E-state index contributed by atoms with van der Waals surface area (Å²) in [5.74, 6) is -0.434. The molecule has 0 radical (unpaired) electrons. The number of carbonyl (C=O) groups is 1. The fraction of sp³-hybridized carbons (Fsp3) is 0.471. The van der Waals surface area contributed by atoms with Gasteiger partial charge in [0.15, 0.2) is 0 Å². The van der Waals surface area contributed by atoms with Gasteiger partial charge in [-0.15, -0.1) is 0 Å². The van der Waals surface area contributed by atoms with E-state index in [1.54, 1.807) is 13.0 Å². The lowest BCUT2D eigenvalue weighted by Crippen LogP contribution is -2.16. The Balaban J connectivity index is 2.35. The van der Waals surface area contributed by atoms with Crippen molar-refractivity contribution in [2.45, 2.75) is 38.6 Å². The first kappa shape index (κ1) is 18.4. The quantitative estimate of drug-likeness (QED) is 0.311. The molecule has 2 atom stereocenters. The molecular weight excluding hydrogens is 284 g/mol. The molecule has 22 heavy (non-hydrogen) atoms. The Bertz CT molecular complexity index is 442. The lowest BCUT2D eigenvalue weighted by Gasteiger charge is -2.15. The van der Waals surface area contributed by atoms with E-state index in [0.29, 0.717) is 19.4 Å². The fourth-order valence-electron chi connectivity index (χ4n) is 1.76. The summed E-state index contributed by atoms with van der Waals surface area (Å²) in [6.45, 7) is 2.29. The Morgan fingerprint density at radius 2 is 2.00 bits per heavy atom. The molecule has 0 aliphatic rings. The van der Waals surface area contributed by atoms with Gasteiger partial charge in [-0.25, -0.2) is 4.79 Å². The second kappa shape index (κ2) is 11.0. The van der Waals surface area contributed by atoms with Gasteiger partial charge in [-0.1, -0.05) is 30.3 Å². The smallest absolute Gasteiger partial charge is 0.330 e. The number of benzene rings is 1. The third kappa shape index (κ3) is 8.56. The average Bonchev–Trinajstić information content (AvgIpc) is 2.53. The molecule has 0 fully saturated rings. The van der Waals surface area contributed by atoms with Crippen molar-refractivity contribution < 1.29 is 24.1 Å². The van der Waals surface area contributed by atoms with Crippen LogP contribution >= 0.6 is 0 Å². The predicted molar refractivity (Wildman–Crippen MR) is 83.0 cm³/mol. The topological polar surface area (TPSA) is 65.0 Å². The van der Waals surface area contributed by atoms with Crippen LogP contribution < -0.4 is 0 Å². The van der Waals surface area contributed by atoms with Gasteiger partial charge in [-0.05, 0) is 31.4 Å². The van der Waals surface area contributed by atoms with Crippen molar-refractivity contribution in [3.8, 4) is 0 Å². The van der Waals surface area contributed by atoms with Gasteiger partial charge in [0.25, 0.3) is 0 Å². The summed E-state index contributed by atoms with van der Waals surface area (Å²) < 4.78 is 15.6. The molecule has 1 rings (SSSR count). The number of rotatable bonds is 10. The van der Waals surface area contributed by atoms with E-state index in [-0.39, 0.29) is 12.9 Å². The van der Waals surface area contributed by atoms with Crippen molar-refractivity contribution in [2.24, 2.45) is 0 Å². The van der Waals surface area contributed by atoms with E-state index in [2.05, 4.69) is 4.74 Å². The van der Waals surface area contributed by atoms with Crippen molar-refractivity contribution in [1.82, 2.24) is 0 Å². The minimum Gasteiger partial charge on any atom is -0.466 e. The SMILES string of the molecule is COC(=O)/C=C/[C@H](CC[C@@H](C)O)OCOCc1ccccc1. The summed E-state index contributed by atoms with van der Waals surface area (Å²) in [5.41, 5.74) is 1.07. The minimum atomic E-state index is -0.434. The highest BCUT2D eigenvalue weighted by Gasteiger charge is 2.08. The van der Waals surface area contributed by atoms with E-state index in [9.17, 15) is 9.90 Å². The normalized spacial score (nSPS) is 14.0. The van der Waals surface area contributed by atoms with E-state index in [4.69, 9.17) is 9.47 Å². The number of methoxy groups -OCH3 is 1. The number of esters is 1. The zero-order valence-electron chi connectivity index (χ0n) is 13.1. The molecule has 1 aromatic rings. The summed E-state index contributed by atoms with van der Waals surface area (Å²) in [6, 6.07) is 9.79. The minimum absolute atomic E-state index is 0.116. The molecule has 1 N–H and O–H groups in total. The van der Waals surface area contributed by atoms with Gasteiger partial charge in [0.05, 0.1) is 25.9 Å². The Hall–Kier alpha value is -1.69. The zero-order valence-corrected chi connectivity index (χ0v) is 13.1. The Morgan fingerprint density at radius 3 is 2.64 bits per heavy atom. The van der Waals surface area contributed by atoms with Crippen LogP contribution in [0.5, 0.6) is 0 Å². The van der Waals surface area contributed by atoms with Crippen LogP contribution in [0.25, 0.3) is 0 Å². The number of hydrogen-bond donors (Lipinski definition) is 1. The first-order chi connectivity index (χ1) is 10.6. The van der Waals surface area contributed by atoms with Gasteiger partial charge in [0.1, 0.15) is 6.79 Å². The standard InChI is InChI=1S/C17H24O5/c1-14(18)8-9-16(10-11-17(19)20-2)22-13-21-12-15-6-4-3-5-7-15/h3-7,10-11,14,16,18H,8-9,12-13H2,1-2H3/b11-10+/t14-,16+/m1/s1. The summed E-state index contributed by atoms with van der Waals surface area (Å²) in [5, 5.41) is 9.34. The Labute approximate surface area is 131 Å². The molecule has 0 unspecified atom stereocenters. The highest BCUT2D eigenvalue weighted by molar-refractivity contribution is 5.81. The second-order valence-electron chi connectivity index (χ2n) is 4.97. The Morgan fingerprint density at radius 1 is 1.27 bits per heavy atom. The molecular formula is C17H24O5. The van der Waals surface area contributed by atoms with Crippen LogP contribution in [0.15, 0.2) is 42.5 Å². The lowest BCUT2D eigenvalue weighted by molar-refractivity contribution is -0.135. The molecule has 0 bridgehead atoms. The van der Waals surface area contributed by atoms with Crippen LogP contribution in [0.4, 0.5) is 0 Å². The predicted octanol–water partition coefficient (Wildman–Crippen LogP) is 2.44. The van der Waals surface area contributed by atoms with Crippen LogP contribution in [0, 0.1) is 0 Å². The highest BCUT2D eigenvalue weighted by atomic mass is 16.7. The van der Waals surface area contributed by atoms with Crippen molar-refractivity contribution in [1.29, 1.82) is 0 Å². The summed E-state index contributed by atoms with van der Waals surface area (Å²) >= 11 is 0. The monoisotopic (exact) mass is 308 g/mol. The van der Waals surface area contributed by atoms with Crippen LogP contribution in [0.1, 0.15) is 25.3 Å². The molecule has 0 spiro atoms. The van der Waals surface area contributed by atoms with Crippen LogP contribution in [0.2, 0.25) is 0 Å². The summed E-state index contributed by atoms with van der Waals surface area (Å²) in [6.07, 6.45) is 3.41.